The molecule has 0 amide bonds. The van der Waals surface area contributed by atoms with Crippen molar-refractivity contribution in [2.45, 2.75) is 6.54 Å². The van der Waals surface area contributed by atoms with Gasteiger partial charge in [0.25, 0.3) is 0 Å². The van der Waals surface area contributed by atoms with Crippen LogP contribution in [0.15, 0.2) is 26.4 Å². The first-order valence-corrected chi connectivity index (χ1v) is 3.76. The van der Waals surface area contributed by atoms with E-state index in [-0.39, 0.29) is 5.96 Å². The van der Waals surface area contributed by atoms with Crippen molar-refractivity contribution in [1.29, 1.82) is 0 Å². The van der Waals surface area contributed by atoms with E-state index in [1.165, 1.54) is 0 Å². The summed E-state index contributed by atoms with van der Waals surface area (Å²) in [5.74, 6) is 0.0855. The molecule has 0 fully saturated rings. The lowest BCUT2D eigenvalue weighted by Crippen LogP contribution is -2.22. The minimum Gasteiger partial charge on any atom is -0.457 e. The Hall–Kier alpha value is -0.970. The molecule has 0 saturated carbocycles. The lowest BCUT2D eigenvalue weighted by Gasteiger charge is -1.88. The first kappa shape index (κ1) is 8.13. The van der Waals surface area contributed by atoms with E-state index in [1.54, 1.807) is 6.26 Å². The fourth-order valence-electron chi connectivity index (χ4n) is 0.611. The number of hydrogen-bond donors (Lipinski definition) is 2. The van der Waals surface area contributed by atoms with Crippen LogP contribution in [0, 0.1) is 0 Å². The van der Waals surface area contributed by atoms with E-state index >= 15 is 0 Å². The lowest BCUT2D eigenvalue weighted by atomic mass is 10.3. The van der Waals surface area contributed by atoms with Crippen molar-refractivity contribution >= 4 is 21.9 Å². The SMILES string of the molecule is NC(N)=NCc1coc(Br)c1. The Bertz CT molecular complexity index is 265. The van der Waals surface area contributed by atoms with Crippen molar-refractivity contribution in [2.75, 3.05) is 0 Å². The molecule has 4 N–H and O–H groups in total. The fourth-order valence-corrected chi connectivity index (χ4v) is 0.999. The minimum absolute atomic E-state index is 0.0855. The molecule has 1 rings (SSSR count). The Labute approximate surface area is 72.4 Å². The van der Waals surface area contributed by atoms with Crippen molar-refractivity contribution in [3.05, 3.63) is 22.6 Å². The number of furan rings is 1. The third kappa shape index (κ3) is 2.63. The third-order valence-electron chi connectivity index (χ3n) is 1.07. The quantitative estimate of drug-likeness (QED) is 0.569. The van der Waals surface area contributed by atoms with Gasteiger partial charge in [-0.3, -0.25) is 0 Å². The Morgan fingerprint density at radius 2 is 2.36 bits per heavy atom. The molecule has 0 atom stereocenters. The second-order valence-electron chi connectivity index (χ2n) is 2.00. The van der Waals surface area contributed by atoms with Gasteiger partial charge in [-0.15, -0.1) is 0 Å². The summed E-state index contributed by atoms with van der Waals surface area (Å²) < 4.78 is 5.64. The van der Waals surface area contributed by atoms with E-state index < -0.39 is 0 Å². The predicted octanol–water partition coefficient (Wildman–Crippen LogP) is 0.816. The zero-order valence-electron chi connectivity index (χ0n) is 5.75. The van der Waals surface area contributed by atoms with Crippen molar-refractivity contribution in [1.82, 2.24) is 0 Å². The summed E-state index contributed by atoms with van der Waals surface area (Å²) in [6.45, 7) is 0.456. The maximum atomic E-state index is 5.13. The molecule has 0 unspecified atom stereocenters. The van der Waals surface area contributed by atoms with E-state index in [0.717, 1.165) is 5.56 Å². The molecule has 0 aliphatic heterocycles. The number of halogens is 1. The molecule has 5 heteroatoms. The molecule has 0 spiro atoms. The number of guanidine groups is 1. The minimum atomic E-state index is 0.0855. The average molecular weight is 218 g/mol. The molecule has 0 aromatic carbocycles. The van der Waals surface area contributed by atoms with Crippen LogP contribution in [-0.2, 0) is 6.54 Å². The Morgan fingerprint density at radius 3 is 2.82 bits per heavy atom. The van der Waals surface area contributed by atoms with E-state index in [9.17, 15) is 0 Å². The van der Waals surface area contributed by atoms with Gasteiger partial charge >= 0.3 is 0 Å². The van der Waals surface area contributed by atoms with Crippen molar-refractivity contribution in [3.8, 4) is 0 Å². The van der Waals surface area contributed by atoms with Crippen LogP contribution in [-0.4, -0.2) is 5.96 Å². The molecule has 11 heavy (non-hydrogen) atoms. The Morgan fingerprint density at radius 1 is 1.64 bits per heavy atom. The average Bonchev–Trinajstić information content (AvgIpc) is 2.31. The van der Waals surface area contributed by atoms with Gasteiger partial charge in [0.2, 0.25) is 0 Å². The summed E-state index contributed by atoms with van der Waals surface area (Å²) in [4.78, 5) is 3.80. The molecule has 0 aliphatic rings. The van der Waals surface area contributed by atoms with E-state index in [4.69, 9.17) is 15.9 Å². The molecule has 60 valence electrons. The number of nitrogens with two attached hydrogens (primary N) is 2. The van der Waals surface area contributed by atoms with E-state index in [0.29, 0.717) is 11.2 Å². The molecule has 0 aliphatic carbocycles. The Kier molecular flexibility index (Phi) is 2.53. The Balaban J connectivity index is 2.58. The maximum absolute atomic E-state index is 5.13. The van der Waals surface area contributed by atoms with Gasteiger partial charge in [0.1, 0.15) is 0 Å². The van der Waals surface area contributed by atoms with Gasteiger partial charge in [-0.05, 0) is 22.0 Å². The molecular weight excluding hydrogens is 210 g/mol. The van der Waals surface area contributed by atoms with Crippen LogP contribution in [0.3, 0.4) is 0 Å². The topological polar surface area (TPSA) is 77.5 Å². The van der Waals surface area contributed by atoms with Crippen molar-refractivity contribution in [2.24, 2.45) is 16.5 Å². The number of aliphatic imine (C=N–C) groups is 1. The predicted molar refractivity (Wildman–Crippen MR) is 45.9 cm³/mol. The van der Waals surface area contributed by atoms with Crippen LogP contribution in [0.4, 0.5) is 0 Å². The molecular formula is C6H8BrN3O. The normalized spacial score (nSPS) is 9.55. The van der Waals surface area contributed by atoms with Gasteiger partial charge in [-0.25, -0.2) is 4.99 Å². The van der Waals surface area contributed by atoms with Crippen LogP contribution in [0.2, 0.25) is 0 Å². The molecule has 0 radical (unpaired) electrons. The van der Waals surface area contributed by atoms with Crippen molar-refractivity contribution < 1.29 is 4.42 Å². The second kappa shape index (κ2) is 3.43. The number of hydrogen-bond acceptors (Lipinski definition) is 2. The highest BCUT2D eigenvalue weighted by Crippen LogP contribution is 2.14. The number of rotatable bonds is 2. The van der Waals surface area contributed by atoms with Gasteiger partial charge < -0.3 is 15.9 Å². The molecule has 1 aromatic heterocycles. The van der Waals surface area contributed by atoms with Crippen LogP contribution in [0.25, 0.3) is 0 Å². The third-order valence-corrected chi connectivity index (χ3v) is 1.48. The zero-order valence-corrected chi connectivity index (χ0v) is 7.34. The number of nitrogens with zero attached hydrogens (tertiary/aromatic N) is 1. The molecule has 4 nitrogen and oxygen atoms in total. The summed E-state index contributed by atoms with van der Waals surface area (Å²) in [5.41, 5.74) is 11.2. The summed E-state index contributed by atoms with van der Waals surface area (Å²) in [6, 6.07) is 1.81. The van der Waals surface area contributed by atoms with Crippen LogP contribution in [0.5, 0.6) is 0 Å². The van der Waals surface area contributed by atoms with E-state index in [1.807, 2.05) is 6.07 Å². The van der Waals surface area contributed by atoms with Gasteiger partial charge in [0.15, 0.2) is 10.6 Å². The fraction of sp³-hybridized carbons (Fsp3) is 0.167. The summed E-state index contributed by atoms with van der Waals surface area (Å²) >= 11 is 3.16. The summed E-state index contributed by atoms with van der Waals surface area (Å²) in [6.07, 6.45) is 1.59. The van der Waals surface area contributed by atoms with Crippen LogP contribution >= 0.6 is 15.9 Å². The summed E-state index contributed by atoms with van der Waals surface area (Å²) in [5, 5.41) is 0. The second-order valence-corrected chi connectivity index (χ2v) is 2.78. The standard InChI is InChI=1S/C6H8BrN3O/c7-5-1-4(3-11-5)2-10-6(8)9/h1,3H,2H2,(H4,8,9,10). The zero-order chi connectivity index (χ0) is 8.27. The lowest BCUT2D eigenvalue weighted by molar-refractivity contribution is 0.538. The first-order chi connectivity index (χ1) is 5.18. The monoisotopic (exact) mass is 217 g/mol. The first-order valence-electron chi connectivity index (χ1n) is 2.97. The molecule has 1 heterocycles. The summed E-state index contributed by atoms with van der Waals surface area (Å²) in [7, 11) is 0. The van der Waals surface area contributed by atoms with Gasteiger partial charge in [-0.1, -0.05) is 0 Å². The van der Waals surface area contributed by atoms with Crippen LogP contribution < -0.4 is 11.5 Å². The largest absolute Gasteiger partial charge is 0.457 e. The molecule has 1 aromatic rings. The van der Waals surface area contributed by atoms with Gasteiger partial charge in [0, 0.05) is 5.56 Å². The van der Waals surface area contributed by atoms with Crippen LogP contribution in [0.1, 0.15) is 5.56 Å². The maximum Gasteiger partial charge on any atom is 0.186 e. The highest BCUT2D eigenvalue weighted by atomic mass is 79.9. The van der Waals surface area contributed by atoms with Gasteiger partial charge in [0.05, 0.1) is 12.8 Å². The molecule has 0 saturated heterocycles. The highest BCUT2D eigenvalue weighted by Gasteiger charge is 1.96. The molecule has 0 bridgehead atoms. The smallest absolute Gasteiger partial charge is 0.186 e. The highest BCUT2D eigenvalue weighted by molar-refractivity contribution is 9.10. The van der Waals surface area contributed by atoms with Crippen molar-refractivity contribution in [3.63, 3.8) is 0 Å². The van der Waals surface area contributed by atoms with E-state index in [2.05, 4.69) is 20.9 Å². The van der Waals surface area contributed by atoms with Gasteiger partial charge in [-0.2, -0.15) is 0 Å².